The van der Waals surface area contributed by atoms with E-state index in [0.29, 0.717) is 24.0 Å². The number of nitrogens with one attached hydrogen (secondary N) is 1. The zero-order valence-corrected chi connectivity index (χ0v) is 19.3. The van der Waals surface area contributed by atoms with Gasteiger partial charge in [-0.15, -0.1) is 24.0 Å². The van der Waals surface area contributed by atoms with Gasteiger partial charge in [0.15, 0.2) is 17.5 Å². The fourth-order valence-corrected chi connectivity index (χ4v) is 3.06. The minimum atomic E-state index is 0. The molecule has 0 bridgehead atoms. The van der Waals surface area contributed by atoms with E-state index < -0.39 is 0 Å². The molecule has 0 aromatic heterocycles. The lowest BCUT2D eigenvalue weighted by atomic mass is 10.1. The number of hydrogen-bond acceptors (Lipinski definition) is 4. The van der Waals surface area contributed by atoms with Crippen LogP contribution < -0.4 is 20.5 Å². The van der Waals surface area contributed by atoms with Crippen LogP contribution in [0.2, 0.25) is 0 Å². The van der Waals surface area contributed by atoms with Gasteiger partial charge in [0.2, 0.25) is 0 Å². The van der Waals surface area contributed by atoms with Gasteiger partial charge in [0.25, 0.3) is 0 Å². The molecule has 0 heterocycles. The molecule has 2 aromatic rings. The molecule has 0 aliphatic rings. The summed E-state index contributed by atoms with van der Waals surface area (Å²) < 4.78 is 10.6. The van der Waals surface area contributed by atoms with Gasteiger partial charge in [0.1, 0.15) is 0 Å². The van der Waals surface area contributed by atoms with E-state index in [-0.39, 0.29) is 30.0 Å². The van der Waals surface area contributed by atoms with Gasteiger partial charge in [-0.3, -0.25) is 9.89 Å². The molecule has 2 rings (SSSR count). The molecule has 6 nitrogen and oxygen atoms in total. The molecule has 0 fully saturated rings. The highest BCUT2D eigenvalue weighted by Gasteiger charge is 2.17. The molecule has 0 spiro atoms. The minimum Gasteiger partial charge on any atom is -0.493 e. The molecule has 154 valence electrons. The number of guanidine groups is 1. The van der Waals surface area contributed by atoms with Crippen molar-refractivity contribution in [2.75, 3.05) is 39.2 Å². The van der Waals surface area contributed by atoms with Crippen molar-refractivity contribution < 1.29 is 9.47 Å². The summed E-state index contributed by atoms with van der Waals surface area (Å²) in [4.78, 5) is 6.96. The maximum Gasteiger partial charge on any atom is 0.193 e. The quantitative estimate of drug-likeness (QED) is 0.309. The minimum absolute atomic E-state index is 0. The summed E-state index contributed by atoms with van der Waals surface area (Å²) in [6, 6.07) is 16.1. The van der Waals surface area contributed by atoms with E-state index in [1.807, 2.05) is 24.3 Å². The van der Waals surface area contributed by atoms with Gasteiger partial charge in [0.05, 0.1) is 26.8 Å². The highest BCUT2D eigenvalue weighted by atomic mass is 127. The van der Waals surface area contributed by atoms with Gasteiger partial charge in [-0.05, 0) is 30.8 Å². The first-order valence-corrected chi connectivity index (χ1v) is 9.20. The molecule has 28 heavy (non-hydrogen) atoms. The normalized spacial score (nSPS) is 12.2. The van der Waals surface area contributed by atoms with Crippen LogP contribution in [0.4, 0.5) is 5.69 Å². The third-order valence-corrected chi connectivity index (χ3v) is 4.53. The van der Waals surface area contributed by atoms with Crippen molar-refractivity contribution in [3.63, 3.8) is 0 Å². The summed E-state index contributed by atoms with van der Waals surface area (Å²) >= 11 is 0. The van der Waals surface area contributed by atoms with E-state index in [1.165, 1.54) is 5.56 Å². The zero-order valence-electron chi connectivity index (χ0n) is 17.0. The van der Waals surface area contributed by atoms with Crippen molar-refractivity contribution in [1.29, 1.82) is 0 Å². The second-order valence-electron chi connectivity index (χ2n) is 6.07. The number of rotatable bonds is 9. The standard InChI is InChI=1S/C21H30N4O2.HI/c1-5-25(6-2)18(16-10-8-7-9-11-16)15-23-21(22)24-17-12-13-19(26-3)20(14-17)27-4;/h7-14,18H,5-6,15H2,1-4H3,(H3,22,23,24);1H. The lowest BCUT2D eigenvalue weighted by molar-refractivity contribution is 0.224. The largest absolute Gasteiger partial charge is 0.493 e. The maximum absolute atomic E-state index is 6.13. The number of hydrogen-bond donors (Lipinski definition) is 2. The predicted octanol–water partition coefficient (Wildman–Crippen LogP) is 4.13. The molecule has 1 unspecified atom stereocenters. The van der Waals surface area contributed by atoms with Crippen molar-refractivity contribution >= 4 is 35.6 Å². The van der Waals surface area contributed by atoms with Gasteiger partial charge < -0.3 is 20.5 Å². The molecule has 0 radical (unpaired) electrons. The van der Waals surface area contributed by atoms with Crippen molar-refractivity contribution in [2.45, 2.75) is 19.9 Å². The van der Waals surface area contributed by atoms with Crippen LogP contribution >= 0.6 is 24.0 Å². The average Bonchev–Trinajstić information content (AvgIpc) is 2.71. The third kappa shape index (κ3) is 6.56. The summed E-state index contributed by atoms with van der Waals surface area (Å²) in [5.41, 5.74) is 8.16. The topological polar surface area (TPSA) is 72.1 Å². The van der Waals surface area contributed by atoms with Crippen LogP contribution in [-0.2, 0) is 0 Å². The Morgan fingerprint density at radius 2 is 1.68 bits per heavy atom. The van der Waals surface area contributed by atoms with Gasteiger partial charge in [-0.25, -0.2) is 0 Å². The van der Waals surface area contributed by atoms with Crippen LogP contribution in [0.15, 0.2) is 53.5 Å². The van der Waals surface area contributed by atoms with Crippen molar-refractivity contribution in [2.24, 2.45) is 10.7 Å². The van der Waals surface area contributed by atoms with E-state index >= 15 is 0 Å². The van der Waals surface area contributed by atoms with E-state index in [9.17, 15) is 0 Å². The van der Waals surface area contributed by atoms with Crippen molar-refractivity contribution in [3.8, 4) is 11.5 Å². The number of nitrogens with two attached hydrogens (primary N) is 1. The van der Waals surface area contributed by atoms with Gasteiger partial charge in [-0.2, -0.15) is 0 Å². The van der Waals surface area contributed by atoms with E-state index in [1.54, 1.807) is 14.2 Å². The lowest BCUT2D eigenvalue weighted by Crippen LogP contribution is -2.32. The number of anilines is 1. The fraction of sp³-hybridized carbons (Fsp3) is 0.381. The summed E-state index contributed by atoms with van der Waals surface area (Å²) in [6.45, 7) is 6.81. The van der Waals surface area contributed by atoms with Crippen molar-refractivity contribution in [3.05, 3.63) is 54.1 Å². The monoisotopic (exact) mass is 498 g/mol. The van der Waals surface area contributed by atoms with Crippen LogP contribution in [0.3, 0.4) is 0 Å². The molecule has 7 heteroatoms. The first-order chi connectivity index (χ1) is 13.1. The number of methoxy groups -OCH3 is 2. The Kier molecular flexibility index (Phi) is 10.7. The van der Waals surface area contributed by atoms with Crippen LogP contribution in [0, 0.1) is 0 Å². The van der Waals surface area contributed by atoms with E-state index in [4.69, 9.17) is 15.2 Å². The lowest BCUT2D eigenvalue weighted by Gasteiger charge is -2.29. The number of ether oxygens (including phenoxy) is 2. The summed E-state index contributed by atoms with van der Waals surface area (Å²) in [5.74, 6) is 1.68. The molecule has 2 aromatic carbocycles. The highest BCUT2D eigenvalue weighted by molar-refractivity contribution is 14.0. The van der Waals surface area contributed by atoms with Crippen LogP contribution in [0.1, 0.15) is 25.5 Å². The third-order valence-electron chi connectivity index (χ3n) is 4.53. The molecular formula is C21H31IN4O2. The molecule has 0 saturated carbocycles. The van der Waals surface area contributed by atoms with Gasteiger partial charge >= 0.3 is 0 Å². The molecule has 0 saturated heterocycles. The van der Waals surface area contributed by atoms with Gasteiger partial charge in [-0.1, -0.05) is 44.2 Å². The number of halogens is 1. The highest BCUT2D eigenvalue weighted by Crippen LogP contribution is 2.29. The van der Waals surface area contributed by atoms with E-state index in [2.05, 4.69) is 53.3 Å². The second-order valence-corrected chi connectivity index (χ2v) is 6.07. The first kappa shape index (κ1) is 24.0. The van der Waals surface area contributed by atoms with E-state index in [0.717, 1.165) is 18.8 Å². The van der Waals surface area contributed by atoms with Crippen molar-refractivity contribution in [1.82, 2.24) is 4.90 Å². The number of aliphatic imine (C=N–C) groups is 1. The van der Waals surface area contributed by atoms with Gasteiger partial charge in [0, 0.05) is 11.8 Å². The Labute approximate surface area is 185 Å². The maximum atomic E-state index is 6.13. The fourth-order valence-electron chi connectivity index (χ4n) is 3.06. The molecule has 3 N–H and O–H groups in total. The van der Waals surface area contributed by atoms with Crippen LogP contribution in [0.5, 0.6) is 11.5 Å². The predicted molar refractivity (Wildman–Crippen MR) is 127 cm³/mol. The number of benzene rings is 2. The molecular weight excluding hydrogens is 467 g/mol. The Morgan fingerprint density at radius 1 is 1.04 bits per heavy atom. The molecule has 1 atom stereocenters. The number of likely N-dealkylation sites (N-methyl/N-ethyl adjacent to an activating group) is 1. The first-order valence-electron chi connectivity index (χ1n) is 9.20. The zero-order chi connectivity index (χ0) is 19.6. The summed E-state index contributed by atoms with van der Waals surface area (Å²) in [5, 5.41) is 3.12. The Hall–Kier alpha value is -2.00. The molecule has 0 aliphatic heterocycles. The Morgan fingerprint density at radius 3 is 2.25 bits per heavy atom. The second kappa shape index (κ2) is 12.5. The smallest absolute Gasteiger partial charge is 0.193 e. The summed E-state index contributed by atoms with van der Waals surface area (Å²) in [7, 11) is 3.21. The summed E-state index contributed by atoms with van der Waals surface area (Å²) in [6.07, 6.45) is 0. The van der Waals surface area contributed by atoms with Crippen LogP contribution in [0.25, 0.3) is 0 Å². The molecule has 0 aliphatic carbocycles. The molecule has 0 amide bonds. The number of nitrogens with zero attached hydrogens (tertiary/aromatic N) is 2. The SMILES string of the molecule is CCN(CC)C(CN=C(N)Nc1ccc(OC)c(OC)c1)c1ccccc1.I. The Bertz CT molecular complexity index is 736. The Balaban J connectivity index is 0.00000392. The average molecular weight is 498 g/mol. The van der Waals surface area contributed by atoms with Crippen LogP contribution in [-0.4, -0.2) is 44.7 Å².